The van der Waals surface area contributed by atoms with Crippen molar-refractivity contribution >= 4 is 5.97 Å². The molecule has 1 rings (SSSR count). The average Bonchev–Trinajstić information content (AvgIpc) is 2.28. The molecule has 1 aromatic rings. The van der Waals surface area contributed by atoms with Gasteiger partial charge < -0.3 is 14.6 Å². The largest absolute Gasteiger partial charge is 0.494 e. The van der Waals surface area contributed by atoms with Crippen LogP contribution in [0.25, 0.3) is 0 Å². The van der Waals surface area contributed by atoms with Gasteiger partial charge in [0.05, 0.1) is 13.0 Å². The summed E-state index contributed by atoms with van der Waals surface area (Å²) in [5.41, 5.74) is 0.756. The summed E-state index contributed by atoms with van der Waals surface area (Å²) < 4.78 is 10.5. The summed E-state index contributed by atoms with van der Waals surface area (Å²) in [6.07, 6.45) is 1.92. The van der Waals surface area contributed by atoms with Gasteiger partial charge in [0.2, 0.25) is 0 Å². The molecule has 1 aromatic carbocycles. The maximum absolute atomic E-state index is 10.6. The van der Waals surface area contributed by atoms with E-state index in [0.717, 1.165) is 30.8 Å². The lowest BCUT2D eigenvalue weighted by molar-refractivity contribution is -0.136. The van der Waals surface area contributed by atoms with Gasteiger partial charge in [-0.3, -0.25) is 4.79 Å². The Morgan fingerprint density at radius 2 is 2.06 bits per heavy atom. The zero-order valence-electron chi connectivity index (χ0n) is 10.0. The lowest BCUT2D eigenvalue weighted by Crippen LogP contribution is -2.02. The summed E-state index contributed by atoms with van der Waals surface area (Å²) in [5.74, 6) is -0.108. The average molecular weight is 238 g/mol. The van der Waals surface area contributed by atoms with Gasteiger partial charge in [0, 0.05) is 13.7 Å². The third kappa shape index (κ3) is 5.92. The third-order valence-corrected chi connectivity index (χ3v) is 2.27. The number of carboxylic acids is 1. The molecular formula is C13H18O4. The Balaban J connectivity index is 2.35. The number of benzene rings is 1. The van der Waals surface area contributed by atoms with E-state index in [0.29, 0.717) is 6.61 Å². The minimum Gasteiger partial charge on any atom is -0.494 e. The van der Waals surface area contributed by atoms with Crippen molar-refractivity contribution in [2.75, 3.05) is 20.3 Å². The molecule has 0 saturated heterocycles. The zero-order valence-corrected chi connectivity index (χ0v) is 10.0. The molecular weight excluding hydrogens is 220 g/mol. The standard InChI is InChI=1S/C13H18O4/c1-16-7-2-3-8-17-12-6-4-5-11(9-12)10-13(14)15/h4-6,9H,2-3,7-8,10H2,1H3,(H,14,15). The maximum Gasteiger partial charge on any atom is 0.307 e. The van der Waals surface area contributed by atoms with E-state index in [2.05, 4.69) is 0 Å². The number of carbonyl (C=O) groups is 1. The van der Waals surface area contributed by atoms with Crippen molar-refractivity contribution in [3.8, 4) is 5.75 Å². The van der Waals surface area contributed by atoms with E-state index >= 15 is 0 Å². The van der Waals surface area contributed by atoms with Crippen molar-refractivity contribution in [3.05, 3.63) is 29.8 Å². The molecule has 0 atom stereocenters. The van der Waals surface area contributed by atoms with Crippen molar-refractivity contribution in [3.63, 3.8) is 0 Å². The molecule has 0 amide bonds. The summed E-state index contributed by atoms with van der Waals surface area (Å²) >= 11 is 0. The third-order valence-electron chi connectivity index (χ3n) is 2.27. The van der Waals surface area contributed by atoms with Crippen LogP contribution in [0, 0.1) is 0 Å². The van der Waals surface area contributed by atoms with Gasteiger partial charge in [0.1, 0.15) is 5.75 Å². The quantitative estimate of drug-likeness (QED) is 0.705. The second kappa shape index (κ2) is 7.68. The van der Waals surface area contributed by atoms with Crippen molar-refractivity contribution in [1.82, 2.24) is 0 Å². The van der Waals surface area contributed by atoms with Gasteiger partial charge in [-0.2, -0.15) is 0 Å². The molecule has 1 N–H and O–H groups in total. The summed E-state index contributed by atoms with van der Waals surface area (Å²) in [5, 5.41) is 8.68. The van der Waals surface area contributed by atoms with E-state index in [1.807, 2.05) is 12.1 Å². The molecule has 94 valence electrons. The Morgan fingerprint density at radius 3 is 2.76 bits per heavy atom. The molecule has 0 aromatic heterocycles. The first kappa shape index (κ1) is 13.5. The van der Waals surface area contributed by atoms with Crippen LogP contribution < -0.4 is 4.74 Å². The van der Waals surface area contributed by atoms with Crippen molar-refractivity contribution in [2.24, 2.45) is 0 Å². The minimum atomic E-state index is -0.831. The van der Waals surface area contributed by atoms with Crippen LogP contribution in [0.1, 0.15) is 18.4 Å². The maximum atomic E-state index is 10.6. The highest BCUT2D eigenvalue weighted by Crippen LogP contribution is 2.14. The van der Waals surface area contributed by atoms with Gasteiger partial charge in [0.15, 0.2) is 0 Å². The molecule has 4 nitrogen and oxygen atoms in total. The normalized spacial score (nSPS) is 10.2. The topological polar surface area (TPSA) is 55.8 Å². The number of unbranched alkanes of at least 4 members (excludes halogenated alkanes) is 1. The van der Waals surface area contributed by atoms with E-state index in [-0.39, 0.29) is 6.42 Å². The second-order valence-corrected chi connectivity index (χ2v) is 3.77. The number of aliphatic carboxylic acids is 1. The summed E-state index contributed by atoms with van der Waals surface area (Å²) in [6.45, 7) is 1.36. The van der Waals surface area contributed by atoms with E-state index in [9.17, 15) is 4.79 Å². The van der Waals surface area contributed by atoms with E-state index < -0.39 is 5.97 Å². The van der Waals surface area contributed by atoms with Crippen LogP contribution in [0.2, 0.25) is 0 Å². The fraction of sp³-hybridized carbons (Fsp3) is 0.462. The second-order valence-electron chi connectivity index (χ2n) is 3.77. The minimum absolute atomic E-state index is 0.0286. The molecule has 0 bridgehead atoms. The van der Waals surface area contributed by atoms with Crippen LogP contribution in [-0.4, -0.2) is 31.4 Å². The van der Waals surface area contributed by atoms with Crippen molar-refractivity contribution in [1.29, 1.82) is 0 Å². The summed E-state index contributed by atoms with van der Waals surface area (Å²) in [7, 11) is 1.68. The Labute approximate surface area is 101 Å². The van der Waals surface area contributed by atoms with Crippen LogP contribution in [-0.2, 0) is 16.0 Å². The SMILES string of the molecule is COCCCCOc1cccc(CC(=O)O)c1. The van der Waals surface area contributed by atoms with Crippen LogP contribution in [0.4, 0.5) is 0 Å². The predicted octanol–water partition coefficient (Wildman–Crippen LogP) is 2.12. The molecule has 0 radical (unpaired) electrons. The number of hydrogen-bond donors (Lipinski definition) is 1. The monoisotopic (exact) mass is 238 g/mol. The van der Waals surface area contributed by atoms with Crippen LogP contribution >= 0.6 is 0 Å². The highest BCUT2D eigenvalue weighted by atomic mass is 16.5. The highest BCUT2D eigenvalue weighted by Gasteiger charge is 2.01. The Bertz CT molecular complexity index is 349. The Morgan fingerprint density at radius 1 is 1.29 bits per heavy atom. The smallest absolute Gasteiger partial charge is 0.307 e. The first-order chi connectivity index (χ1) is 8.22. The molecule has 17 heavy (non-hydrogen) atoms. The van der Waals surface area contributed by atoms with Gasteiger partial charge >= 0.3 is 5.97 Å². The fourth-order valence-electron chi connectivity index (χ4n) is 1.46. The highest BCUT2D eigenvalue weighted by molar-refractivity contribution is 5.70. The lowest BCUT2D eigenvalue weighted by atomic mass is 10.1. The molecule has 0 aliphatic heterocycles. The number of rotatable bonds is 8. The Kier molecular flexibility index (Phi) is 6.10. The first-order valence-corrected chi connectivity index (χ1v) is 5.65. The first-order valence-electron chi connectivity index (χ1n) is 5.65. The number of methoxy groups -OCH3 is 1. The molecule has 4 heteroatoms. The van der Waals surface area contributed by atoms with Crippen LogP contribution in [0.15, 0.2) is 24.3 Å². The Hall–Kier alpha value is -1.55. The summed E-state index contributed by atoms with van der Waals surface area (Å²) in [6, 6.07) is 7.20. The number of ether oxygens (including phenoxy) is 2. The predicted molar refractivity (Wildman–Crippen MR) is 64.4 cm³/mol. The number of carboxylic acid groups (broad SMARTS) is 1. The van der Waals surface area contributed by atoms with Gasteiger partial charge in [-0.15, -0.1) is 0 Å². The lowest BCUT2D eigenvalue weighted by Gasteiger charge is -2.07. The van der Waals surface area contributed by atoms with E-state index in [4.69, 9.17) is 14.6 Å². The molecule has 0 aliphatic rings. The number of hydrogen-bond acceptors (Lipinski definition) is 3. The van der Waals surface area contributed by atoms with E-state index in [1.165, 1.54) is 0 Å². The van der Waals surface area contributed by atoms with Crippen molar-refractivity contribution in [2.45, 2.75) is 19.3 Å². The summed E-state index contributed by atoms with van der Waals surface area (Å²) in [4.78, 5) is 10.6. The molecule has 0 fully saturated rings. The van der Waals surface area contributed by atoms with E-state index in [1.54, 1.807) is 19.2 Å². The van der Waals surface area contributed by atoms with Crippen LogP contribution in [0.3, 0.4) is 0 Å². The molecule has 0 spiro atoms. The van der Waals surface area contributed by atoms with Gasteiger partial charge in [-0.25, -0.2) is 0 Å². The molecule has 0 unspecified atom stereocenters. The molecule has 0 aliphatic carbocycles. The van der Waals surface area contributed by atoms with Gasteiger partial charge in [0.25, 0.3) is 0 Å². The fourth-order valence-corrected chi connectivity index (χ4v) is 1.46. The zero-order chi connectivity index (χ0) is 12.5. The van der Waals surface area contributed by atoms with Gasteiger partial charge in [-0.05, 0) is 30.5 Å². The van der Waals surface area contributed by atoms with Crippen LogP contribution in [0.5, 0.6) is 5.75 Å². The molecule has 0 heterocycles. The van der Waals surface area contributed by atoms with Crippen molar-refractivity contribution < 1.29 is 19.4 Å². The van der Waals surface area contributed by atoms with Gasteiger partial charge in [-0.1, -0.05) is 12.1 Å². The molecule has 0 saturated carbocycles.